The second-order valence-corrected chi connectivity index (χ2v) is 5.87. The Labute approximate surface area is 149 Å². The lowest BCUT2D eigenvalue weighted by Gasteiger charge is -2.06. The van der Waals surface area contributed by atoms with Crippen molar-refractivity contribution in [2.24, 2.45) is 0 Å². The fraction of sp³-hybridized carbons (Fsp3) is 0.0476. The number of fused-ring (bicyclic) bond motifs is 1. The molecule has 2 heterocycles. The number of hydrogen-bond acceptors (Lipinski definition) is 3. The van der Waals surface area contributed by atoms with Crippen LogP contribution in [-0.4, -0.2) is 28.3 Å². The number of ether oxygens (including phenoxy) is 1. The molecule has 2 aromatic carbocycles. The summed E-state index contributed by atoms with van der Waals surface area (Å²) >= 11 is 0. The second kappa shape index (κ2) is 6.72. The monoisotopic (exact) mass is 344 g/mol. The number of ketones is 1. The minimum absolute atomic E-state index is 0.249. The zero-order valence-corrected chi connectivity index (χ0v) is 13.9. The highest BCUT2D eigenvalue weighted by molar-refractivity contribution is 6.14. The largest absolute Gasteiger partial charge is 0.453 e. The smallest absolute Gasteiger partial charge is 0.355 e. The highest BCUT2D eigenvalue weighted by atomic mass is 16.5. The first-order valence-corrected chi connectivity index (χ1v) is 8.24. The quantitative estimate of drug-likeness (QED) is 0.421. The van der Waals surface area contributed by atoms with E-state index in [9.17, 15) is 9.59 Å². The van der Waals surface area contributed by atoms with Gasteiger partial charge in [-0.25, -0.2) is 4.79 Å². The summed E-state index contributed by atoms with van der Waals surface area (Å²) in [5, 5.41) is 0.812. The van der Waals surface area contributed by atoms with Crippen LogP contribution < -0.4 is 0 Å². The van der Waals surface area contributed by atoms with E-state index in [2.05, 4.69) is 9.97 Å². The maximum absolute atomic E-state index is 12.9. The number of esters is 1. The van der Waals surface area contributed by atoms with E-state index in [1.807, 2.05) is 54.6 Å². The number of para-hydroxylation sites is 1. The predicted molar refractivity (Wildman–Crippen MR) is 99.1 cm³/mol. The van der Waals surface area contributed by atoms with E-state index in [4.69, 9.17) is 4.74 Å². The van der Waals surface area contributed by atoms with E-state index in [0.29, 0.717) is 11.3 Å². The lowest BCUT2D eigenvalue weighted by atomic mass is 10.0. The van der Waals surface area contributed by atoms with Gasteiger partial charge >= 0.3 is 5.97 Å². The third-order valence-corrected chi connectivity index (χ3v) is 4.20. The number of nitrogens with one attached hydrogen (secondary N) is 2. The maximum atomic E-state index is 12.9. The number of benzene rings is 2. The van der Waals surface area contributed by atoms with Crippen molar-refractivity contribution in [1.82, 2.24) is 9.97 Å². The molecule has 0 aliphatic heterocycles. The first kappa shape index (κ1) is 15.9. The lowest BCUT2D eigenvalue weighted by molar-refractivity contribution is 0.0470. The van der Waals surface area contributed by atoms with Crippen LogP contribution in [0.4, 0.5) is 0 Å². The fourth-order valence-corrected chi connectivity index (χ4v) is 2.99. The molecule has 0 aliphatic carbocycles. The van der Waals surface area contributed by atoms with Gasteiger partial charge in [0, 0.05) is 17.1 Å². The Kier molecular flexibility index (Phi) is 4.11. The van der Waals surface area contributed by atoms with Crippen LogP contribution in [0.5, 0.6) is 0 Å². The Balaban J connectivity index is 1.68. The lowest BCUT2D eigenvalue weighted by Crippen LogP contribution is -2.15. The van der Waals surface area contributed by atoms with Crippen LogP contribution in [0.25, 0.3) is 22.2 Å². The van der Waals surface area contributed by atoms with Crippen LogP contribution in [0, 0.1) is 0 Å². The Bertz CT molecular complexity index is 1060. The molecule has 2 aromatic heterocycles. The van der Waals surface area contributed by atoms with Gasteiger partial charge in [-0.15, -0.1) is 0 Å². The van der Waals surface area contributed by atoms with Gasteiger partial charge in [-0.2, -0.15) is 0 Å². The van der Waals surface area contributed by atoms with Crippen LogP contribution in [-0.2, 0) is 4.74 Å². The predicted octanol–water partition coefficient (Wildman–Crippen LogP) is 4.20. The summed E-state index contributed by atoms with van der Waals surface area (Å²) in [6.07, 6.45) is 1.63. The summed E-state index contributed by atoms with van der Waals surface area (Å²) < 4.78 is 5.18. The zero-order chi connectivity index (χ0) is 17.9. The van der Waals surface area contributed by atoms with E-state index >= 15 is 0 Å². The topological polar surface area (TPSA) is 75.0 Å². The van der Waals surface area contributed by atoms with Gasteiger partial charge in [0.25, 0.3) is 0 Å². The first-order valence-electron chi connectivity index (χ1n) is 8.24. The van der Waals surface area contributed by atoms with Crippen molar-refractivity contribution in [1.29, 1.82) is 0 Å². The van der Waals surface area contributed by atoms with E-state index in [1.165, 1.54) is 0 Å². The third kappa shape index (κ3) is 2.91. The number of hydrogen-bond donors (Lipinski definition) is 2. The maximum Gasteiger partial charge on any atom is 0.355 e. The van der Waals surface area contributed by atoms with Gasteiger partial charge < -0.3 is 14.7 Å². The molecule has 0 unspecified atom stereocenters. The highest BCUT2D eigenvalue weighted by Crippen LogP contribution is 2.30. The number of carbonyl (C=O) groups is 2. The van der Waals surface area contributed by atoms with E-state index < -0.39 is 5.97 Å². The molecule has 26 heavy (non-hydrogen) atoms. The molecule has 0 saturated heterocycles. The standard InChI is InChI=1S/C21H16N2O3/c24-18(13-26-21(25)17-11-6-12-22-17)19-15-9-4-5-10-16(15)23-20(19)14-7-2-1-3-8-14/h1-12,22-23H,13H2. The number of rotatable bonds is 5. The second-order valence-electron chi connectivity index (χ2n) is 5.87. The molecular weight excluding hydrogens is 328 g/mol. The van der Waals surface area contributed by atoms with Gasteiger partial charge in [0.15, 0.2) is 6.61 Å². The van der Waals surface area contributed by atoms with Crippen LogP contribution in [0.1, 0.15) is 20.8 Å². The molecule has 5 nitrogen and oxygen atoms in total. The van der Waals surface area contributed by atoms with Crippen molar-refractivity contribution in [3.05, 3.63) is 84.2 Å². The molecule has 5 heteroatoms. The van der Waals surface area contributed by atoms with Gasteiger partial charge in [0.1, 0.15) is 5.69 Å². The Morgan fingerprint density at radius 2 is 1.65 bits per heavy atom. The van der Waals surface area contributed by atoms with Crippen molar-refractivity contribution < 1.29 is 14.3 Å². The molecule has 0 amide bonds. The minimum atomic E-state index is -0.551. The summed E-state index contributed by atoms with van der Waals surface area (Å²) in [4.78, 5) is 30.9. The number of aromatic amines is 2. The molecule has 0 saturated carbocycles. The highest BCUT2D eigenvalue weighted by Gasteiger charge is 2.21. The molecule has 0 atom stereocenters. The van der Waals surface area contributed by atoms with Crippen molar-refractivity contribution in [2.45, 2.75) is 0 Å². The molecule has 0 aliphatic rings. The average molecular weight is 344 g/mol. The van der Waals surface area contributed by atoms with Gasteiger partial charge in [-0.3, -0.25) is 4.79 Å². The van der Waals surface area contributed by atoms with Gasteiger partial charge in [-0.05, 0) is 23.8 Å². The number of Topliss-reactive ketones (excluding diaryl/α,β-unsaturated/α-hetero) is 1. The molecule has 4 rings (SSSR count). The number of aromatic nitrogens is 2. The first-order chi connectivity index (χ1) is 12.7. The molecular formula is C21H16N2O3. The van der Waals surface area contributed by atoms with Crippen LogP contribution in [0.2, 0.25) is 0 Å². The third-order valence-electron chi connectivity index (χ3n) is 4.20. The Hall–Kier alpha value is -3.60. The van der Waals surface area contributed by atoms with Gasteiger partial charge in [0.05, 0.1) is 11.3 Å². The summed E-state index contributed by atoms with van der Waals surface area (Å²) in [5.74, 6) is -0.800. The van der Waals surface area contributed by atoms with E-state index in [1.54, 1.807) is 18.3 Å². The van der Waals surface area contributed by atoms with Crippen LogP contribution >= 0.6 is 0 Å². The average Bonchev–Trinajstić information content (AvgIpc) is 3.34. The van der Waals surface area contributed by atoms with Crippen molar-refractivity contribution in [3.63, 3.8) is 0 Å². The molecule has 0 radical (unpaired) electrons. The molecule has 0 fully saturated rings. The van der Waals surface area contributed by atoms with Gasteiger partial charge in [-0.1, -0.05) is 48.5 Å². The SMILES string of the molecule is O=C(OCC(=O)c1c(-c2ccccc2)[nH]c2ccccc12)c1ccc[nH]1. The summed E-state index contributed by atoms with van der Waals surface area (Å²) in [7, 11) is 0. The van der Waals surface area contributed by atoms with Gasteiger partial charge in [0.2, 0.25) is 5.78 Å². The van der Waals surface area contributed by atoms with Crippen LogP contribution in [0.15, 0.2) is 72.9 Å². The minimum Gasteiger partial charge on any atom is -0.453 e. The van der Waals surface area contributed by atoms with E-state index in [0.717, 1.165) is 22.2 Å². The molecule has 128 valence electrons. The zero-order valence-electron chi connectivity index (χ0n) is 13.9. The van der Waals surface area contributed by atoms with E-state index in [-0.39, 0.29) is 12.4 Å². The summed E-state index contributed by atoms with van der Waals surface area (Å²) in [6.45, 7) is -0.320. The van der Waals surface area contributed by atoms with Crippen LogP contribution in [0.3, 0.4) is 0 Å². The molecule has 4 aromatic rings. The summed E-state index contributed by atoms with van der Waals surface area (Å²) in [6, 6.07) is 20.5. The summed E-state index contributed by atoms with van der Waals surface area (Å²) in [5.41, 5.74) is 3.35. The Morgan fingerprint density at radius 1 is 0.885 bits per heavy atom. The number of carbonyl (C=O) groups excluding carboxylic acids is 2. The van der Waals surface area contributed by atoms with Crippen molar-refractivity contribution in [3.8, 4) is 11.3 Å². The Morgan fingerprint density at radius 3 is 2.42 bits per heavy atom. The molecule has 0 spiro atoms. The molecule has 0 bridgehead atoms. The van der Waals surface area contributed by atoms with Crippen molar-refractivity contribution in [2.75, 3.05) is 6.61 Å². The number of H-pyrrole nitrogens is 2. The normalized spacial score (nSPS) is 10.8. The molecule has 2 N–H and O–H groups in total. The fourth-order valence-electron chi connectivity index (χ4n) is 2.99. The van der Waals surface area contributed by atoms with Crippen molar-refractivity contribution >= 4 is 22.7 Å².